The molecular formula is C12H26N2. The first-order valence-corrected chi connectivity index (χ1v) is 6.36. The Labute approximate surface area is 89.3 Å². The van der Waals surface area contributed by atoms with Gasteiger partial charge in [-0.15, -0.1) is 0 Å². The second-order valence-corrected chi connectivity index (χ2v) is 4.05. The average Bonchev–Trinajstić information content (AvgIpc) is 2.20. The molecule has 0 saturated carbocycles. The molecule has 2 fully saturated rings. The van der Waals surface area contributed by atoms with E-state index in [1.54, 1.807) is 0 Å². The number of piperidine rings is 1. The minimum atomic E-state index is 0.932. The summed E-state index contributed by atoms with van der Waals surface area (Å²) in [7, 11) is 0. The van der Waals surface area contributed by atoms with Crippen molar-refractivity contribution in [1.29, 1.82) is 0 Å². The maximum Gasteiger partial charge on any atom is 0.0120 e. The molecule has 0 amide bonds. The van der Waals surface area contributed by atoms with Crippen molar-refractivity contribution in [3.05, 3.63) is 0 Å². The lowest BCUT2D eigenvalue weighted by atomic mass is 10.00. The van der Waals surface area contributed by atoms with Crippen molar-refractivity contribution >= 4 is 0 Å². The van der Waals surface area contributed by atoms with E-state index < -0.39 is 0 Å². The zero-order valence-corrected chi connectivity index (χ0v) is 10.1. The predicted molar refractivity (Wildman–Crippen MR) is 62.7 cm³/mol. The van der Waals surface area contributed by atoms with Crippen LogP contribution in [0.5, 0.6) is 0 Å². The molecule has 0 aromatic carbocycles. The van der Waals surface area contributed by atoms with Gasteiger partial charge in [0.1, 0.15) is 0 Å². The van der Waals surface area contributed by atoms with Crippen LogP contribution >= 0.6 is 0 Å². The van der Waals surface area contributed by atoms with Gasteiger partial charge in [0, 0.05) is 6.04 Å². The van der Waals surface area contributed by atoms with Gasteiger partial charge in [-0.1, -0.05) is 20.8 Å². The van der Waals surface area contributed by atoms with Gasteiger partial charge in [0.2, 0.25) is 0 Å². The molecule has 0 N–H and O–H groups in total. The van der Waals surface area contributed by atoms with Crippen molar-refractivity contribution in [3.8, 4) is 0 Å². The Balaban J connectivity index is 0.000000461. The molecule has 0 atom stereocenters. The average molecular weight is 198 g/mol. The van der Waals surface area contributed by atoms with Crippen LogP contribution in [0.15, 0.2) is 0 Å². The Bertz CT molecular complexity index is 135. The Morgan fingerprint density at radius 2 is 1.57 bits per heavy atom. The van der Waals surface area contributed by atoms with Crippen LogP contribution in [0.3, 0.4) is 0 Å². The SMILES string of the molecule is CC.CCN1CCC(N2CCC2)CC1. The van der Waals surface area contributed by atoms with E-state index in [0.717, 1.165) is 6.04 Å². The number of hydrogen-bond acceptors (Lipinski definition) is 2. The quantitative estimate of drug-likeness (QED) is 0.671. The molecule has 2 nitrogen and oxygen atoms in total. The topological polar surface area (TPSA) is 6.48 Å². The summed E-state index contributed by atoms with van der Waals surface area (Å²) in [5.74, 6) is 0. The molecule has 0 bridgehead atoms. The molecule has 0 unspecified atom stereocenters. The van der Waals surface area contributed by atoms with Crippen molar-refractivity contribution < 1.29 is 0 Å². The van der Waals surface area contributed by atoms with Crippen molar-refractivity contribution in [1.82, 2.24) is 9.80 Å². The predicted octanol–water partition coefficient (Wildman–Crippen LogP) is 2.20. The lowest BCUT2D eigenvalue weighted by molar-refractivity contribution is 0.0651. The monoisotopic (exact) mass is 198 g/mol. The minimum Gasteiger partial charge on any atom is -0.303 e. The highest BCUT2D eigenvalue weighted by Crippen LogP contribution is 2.20. The highest BCUT2D eigenvalue weighted by molar-refractivity contribution is 4.83. The molecule has 0 spiro atoms. The summed E-state index contributed by atoms with van der Waals surface area (Å²) < 4.78 is 0. The van der Waals surface area contributed by atoms with Crippen LogP contribution in [0.1, 0.15) is 40.0 Å². The van der Waals surface area contributed by atoms with E-state index in [1.807, 2.05) is 13.8 Å². The van der Waals surface area contributed by atoms with Crippen LogP contribution in [0.4, 0.5) is 0 Å². The third-order valence-electron chi connectivity index (χ3n) is 3.41. The summed E-state index contributed by atoms with van der Waals surface area (Å²) >= 11 is 0. The van der Waals surface area contributed by atoms with E-state index in [2.05, 4.69) is 16.7 Å². The maximum absolute atomic E-state index is 2.66. The van der Waals surface area contributed by atoms with Gasteiger partial charge in [-0.25, -0.2) is 0 Å². The Morgan fingerprint density at radius 1 is 1.00 bits per heavy atom. The molecule has 14 heavy (non-hydrogen) atoms. The summed E-state index contributed by atoms with van der Waals surface area (Å²) in [6, 6.07) is 0.932. The van der Waals surface area contributed by atoms with Gasteiger partial charge in [-0.3, -0.25) is 0 Å². The summed E-state index contributed by atoms with van der Waals surface area (Å²) in [6.45, 7) is 12.9. The first-order valence-electron chi connectivity index (χ1n) is 6.36. The van der Waals surface area contributed by atoms with Gasteiger partial charge >= 0.3 is 0 Å². The second kappa shape index (κ2) is 6.41. The fraction of sp³-hybridized carbons (Fsp3) is 1.00. The van der Waals surface area contributed by atoms with E-state index in [9.17, 15) is 0 Å². The lowest BCUT2D eigenvalue weighted by Gasteiger charge is -2.42. The molecule has 0 aromatic heterocycles. The molecule has 2 saturated heterocycles. The summed E-state index contributed by atoms with van der Waals surface area (Å²) in [6.07, 6.45) is 4.26. The summed E-state index contributed by atoms with van der Waals surface area (Å²) in [4.78, 5) is 5.23. The first kappa shape index (κ1) is 12.0. The van der Waals surface area contributed by atoms with Crippen LogP contribution in [-0.2, 0) is 0 Å². The highest BCUT2D eigenvalue weighted by atomic mass is 15.2. The molecule has 2 aliphatic rings. The van der Waals surface area contributed by atoms with Gasteiger partial charge in [0.15, 0.2) is 0 Å². The van der Waals surface area contributed by atoms with Crippen LogP contribution < -0.4 is 0 Å². The molecule has 0 aliphatic carbocycles. The molecule has 2 aliphatic heterocycles. The van der Waals surface area contributed by atoms with Crippen molar-refractivity contribution in [3.63, 3.8) is 0 Å². The van der Waals surface area contributed by atoms with Gasteiger partial charge < -0.3 is 9.80 Å². The molecule has 2 heteroatoms. The molecule has 2 rings (SSSR count). The van der Waals surface area contributed by atoms with Crippen molar-refractivity contribution in [2.45, 2.75) is 46.1 Å². The Morgan fingerprint density at radius 3 is 1.93 bits per heavy atom. The zero-order chi connectivity index (χ0) is 10.4. The number of nitrogens with zero attached hydrogens (tertiary/aromatic N) is 2. The molecule has 0 radical (unpaired) electrons. The third-order valence-corrected chi connectivity index (χ3v) is 3.41. The van der Waals surface area contributed by atoms with Crippen molar-refractivity contribution in [2.75, 3.05) is 32.7 Å². The van der Waals surface area contributed by atoms with Crippen LogP contribution in [0.2, 0.25) is 0 Å². The maximum atomic E-state index is 2.66. The second-order valence-electron chi connectivity index (χ2n) is 4.05. The van der Waals surface area contributed by atoms with E-state index in [1.165, 1.54) is 52.0 Å². The summed E-state index contributed by atoms with van der Waals surface area (Å²) in [5, 5.41) is 0. The molecule has 0 aromatic rings. The number of hydrogen-bond donors (Lipinski definition) is 0. The zero-order valence-electron chi connectivity index (χ0n) is 10.1. The molecule has 2 heterocycles. The fourth-order valence-electron chi connectivity index (χ4n) is 2.31. The summed E-state index contributed by atoms with van der Waals surface area (Å²) in [5.41, 5.74) is 0. The van der Waals surface area contributed by atoms with Crippen LogP contribution in [-0.4, -0.2) is 48.6 Å². The first-order chi connectivity index (χ1) is 6.90. The van der Waals surface area contributed by atoms with E-state index in [4.69, 9.17) is 0 Å². The molecule has 84 valence electrons. The standard InChI is InChI=1S/C10H20N2.C2H6/c1-2-11-8-4-10(5-9-11)12-6-3-7-12;1-2/h10H,2-9H2,1H3;1-2H3. The minimum absolute atomic E-state index is 0.932. The Hall–Kier alpha value is -0.0800. The van der Waals surface area contributed by atoms with E-state index in [-0.39, 0.29) is 0 Å². The fourth-order valence-corrected chi connectivity index (χ4v) is 2.31. The van der Waals surface area contributed by atoms with E-state index >= 15 is 0 Å². The number of likely N-dealkylation sites (tertiary alicyclic amines) is 2. The highest BCUT2D eigenvalue weighted by Gasteiger charge is 2.26. The van der Waals surface area contributed by atoms with Crippen LogP contribution in [0.25, 0.3) is 0 Å². The number of rotatable bonds is 2. The van der Waals surface area contributed by atoms with Gasteiger partial charge in [-0.05, 0) is 52.0 Å². The largest absolute Gasteiger partial charge is 0.303 e. The van der Waals surface area contributed by atoms with Gasteiger partial charge in [0.05, 0.1) is 0 Å². The lowest BCUT2D eigenvalue weighted by Crippen LogP contribution is -2.50. The smallest absolute Gasteiger partial charge is 0.0120 e. The van der Waals surface area contributed by atoms with E-state index in [0.29, 0.717) is 0 Å². The normalized spacial score (nSPS) is 25.1. The van der Waals surface area contributed by atoms with Crippen LogP contribution in [0, 0.1) is 0 Å². The third kappa shape index (κ3) is 2.96. The van der Waals surface area contributed by atoms with Gasteiger partial charge in [-0.2, -0.15) is 0 Å². The van der Waals surface area contributed by atoms with Crippen molar-refractivity contribution in [2.24, 2.45) is 0 Å². The van der Waals surface area contributed by atoms with Gasteiger partial charge in [0.25, 0.3) is 0 Å². The molecular weight excluding hydrogens is 172 g/mol. The Kier molecular flexibility index (Phi) is 5.49.